The molecule has 1 aromatic rings. The van der Waals surface area contributed by atoms with Crippen molar-refractivity contribution in [3.05, 3.63) is 35.4 Å². The van der Waals surface area contributed by atoms with Gasteiger partial charge in [-0.1, -0.05) is 89.4 Å². The average molecular weight is 526 g/mol. The second-order valence-electron chi connectivity index (χ2n) is 12.9. The minimum atomic E-state index is -1.14. The summed E-state index contributed by atoms with van der Waals surface area (Å²) >= 11 is 0. The molecule has 0 bridgehead atoms. The summed E-state index contributed by atoms with van der Waals surface area (Å²) in [6, 6.07) is 7.78. The summed E-state index contributed by atoms with van der Waals surface area (Å²) in [7, 11) is 0. The first-order valence-electron chi connectivity index (χ1n) is 14.8. The van der Waals surface area contributed by atoms with E-state index < -0.39 is 24.0 Å². The molecule has 1 aliphatic heterocycles. The number of carbonyl (C=O) groups excluding carboxylic acids is 2. The fourth-order valence-corrected chi connectivity index (χ4v) is 6.68. The normalized spacial score (nSPS) is 33.6. The maximum Gasteiger partial charge on any atom is 0.351 e. The van der Waals surface area contributed by atoms with Crippen molar-refractivity contribution in [1.82, 2.24) is 0 Å². The Morgan fingerprint density at radius 3 is 1.82 bits per heavy atom. The molecule has 210 valence electrons. The summed E-state index contributed by atoms with van der Waals surface area (Å²) in [5, 5.41) is 4.28. The zero-order valence-electron chi connectivity index (χ0n) is 24.3. The van der Waals surface area contributed by atoms with Crippen LogP contribution in [0.25, 0.3) is 0 Å². The number of benzene rings is 1. The van der Waals surface area contributed by atoms with Gasteiger partial charge in [-0.25, -0.2) is 4.79 Å². The molecule has 2 fully saturated rings. The van der Waals surface area contributed by atoms with E-state index in [2.05, 4.69) is 46.7 Å². The Labute approximate surface area is 228 Å². The molecule has 0 unspecified atom stereocenters. The van der Waals surface area contributed by atoms with Crippen LogP contribution in [-0.2, 0) is 23.9 Å². The summed E-state index contributed by atoms with van der Waals surface area (Å²) in [5.41, 5.74) is 2.31. The van der Waals surface area contributed by atoms with Gasteiger partial charge in [-0.15, -0.1) is 0 Å². The monoisotopic (exact) mass is 525 g/mol. The molecule has 4 rings (SSSR count). The number of aryl methyl sites for hydroxylation is 1. The molecule has 0 radical (unpaired) electrons. The predicted octanol–water partition coefficient (Wildman–Crippen LogP) is 6.72. The molecule has 6 heteroatoms. The van der Waals surface area contributed by atoms with Crippen molar-refractivity contribution in [3.63, 3.8) is 0 Å². The van der Waals surface area contributed by atoms with Crippen molar-refractivity contribution in [1.29, 1.82) is 0 Å². The van der Waals surface area contributed by atoms with Crippen molar-refractivity contribution in [2.45, 2.75) is 105 Å². The van der Waals surface area contributed by atoms with Gasteiger partial charge in [0.25, 0.3) is 0 Å². The minimum Gasteiger partial charge on any atom is -0.461 e. The summed E-state index contributed by atoms with van der Waals surface area (Å²) in [4.78, 5) is 33.2. The molecule has 0 amide bonds. The molecule has 8 atom stereocenters. The number of oxime groups is 1. The van der Waals surface area contributed by atoms with Crippen LogP contribution >= 0.6 is 0 Å². The van der Waals surface area contributed by atoms with E-state index in [0.717, 1.165) is 49.7 Å². The van der Waals surface area contributed by atoms with Crippen molar-refractivity contribution >= 4 is 17.7 Å². The highest BCUT2D eigenvalue weighted by Crippen LogP contribution is 2.38. The summed E-state index contributed by atoms with van der Waals surface area (Å²) in [6.07, 6.45) is 4.54. The largest absolute Gasteiger partial charge is 0.461 e. The molecule has 38 heavy (non-hydrogen) atoms. The molecular weight excluding hydrogens is 478 g/mol. The van der Waals surface area contributed by atoms with Gasteiger partial charge >= 0.3 is 11.9 Å². The lowest BCUT2D eigenvalue weighted by Gasteiger charge is -2.38. The lowest BCUT2D eigenvalue weighted by Crippen LogP contribution is -2.45. The zero-order valence-corrected chi connectivity index (χ0v) is 24.3. The second kappa shape index (κ2) is 12.2. The molecular formula is C32H47NO5. The van der Waals surface area contributed by atoms with Gasteiger partial charge < -0.3 is 14.3 Å². The van der Waals surface area contributed by atoms with Gasteiger partial charge in [0.1, 0.15) is 17.9 Å². The fourth-order valence-electron chi connectivity index (χ4n) is 6.68. The van der Waals surface area contributed by atoms with E-state index >= 15 is 0 Å². The van der Waals surface area contributed by atoms with Crippen molar-refractivity contribution in [3.8, 4) is 0 Å². The molecule has 1 heterocycles. The Kier molecular flexibility index (Phi) is 9.20. The second-order valence-corrected chi connectivity index (χ2v) is 12.9. The molecule has 1 aromatic carbocycles. The molecule has 0 saturated heterocycles. The number of esters is 2. The third-order valence-corrected chi connectivity index (χ3v) is 9.15. The zero-order chi connectivity index (χ0) is 27.6. The highest BCUT2D eigenvalue weighted by molar-refractivity contribution is 6.15. The Balaban J connectivity index is 1.58. The van der Waals surface area contributed by atoms with Gasteiger partial charge in [0.15, 0.2) is 5.92 Å². The van der Waals surface area contributed by atoms with Gasteiger partial charge in [-0.2, -0.15) is 0 Å². The summed E-state index contributed by atoms with van der Waals surface area (Å²) in [6.45, 7) is 15.2. The number of rotatable bonds is 7. The van der Waals surface area contributed by atoms with E-state index in [0.29, 0.717) is 41.2 Å². The van der Waals surface area contributed by atoms with Crippen LogP contribution < -0.4 is 0 Å². The first-order valence-corrected chi connectivity index (χ1v) is 14.8. The van der Waals surface area contributed by atoms with Crippen LogP contribution in [0.2, 0.25) is 0 Å². The van der Waals surface area contributed by atoms with Crippen LogP contribution in [0.4, 0.5) is 0 Å². The molecule has 3 aliphatic rings. The van der Waals surface area contributed by atoms with E-state index in [4.69, 9.17) is 14.3 Å². The van der Waals surface area contributed by atoms with E-state index in [1.807, 2.05) is 31.2 Å². The van der Waals surface area contributed by atoms with Gasteiger partial charge in [-0.3, -0.25) is 4.79 Å². The van der Waals surface area contributed by atoms with Gasteiger partial charge in [0, 0.05) is 5.56 Å². The first-order chi connectivity index (χ1) is 18.0. The summed E-state index contributed by atoms with van der Waals surface area (Å²) < 4.78 is 12.4. The molecule has 0 aromatic heterocycles. The molecule has 0 N–H and O–H groups in total. The fraction of sp³-hybridized carbons (Fsp3) is 0.719. The van der Waals surface area contributed by atoms with Gasteiger partial charge in [0.2, 0.25) is 6.10 Å². The number of carbonyl (C=O) groups is 2. The maximum absolute atomic E-state index is 13.9. The maximum atomic E-state index is 13.9. The highest BCUT2D eigenvalue weighted by Gasteiger charge is 2.49. The third kappa shape index (κ3) is 6.43. The SMILES string of the molecule is Cc1ccc(C2=NO[C@@H](C(=O)O[C@@H]3C[C@H](C)CC[C@H]3C(C)C)[C@@H]2C(=O)O[C@@H]2C[C@H](C)CC[C@H]2C(C)C)cc1. The lowest BCUT2D eigenvalue weighted by molar-refractivity contribution is -0.177. The highest BCUT2D eigenvalue weighted by atomic mass is 16.7. The standard InChI is InChI=1S/C32H47NO5/c1-18(2)24-14-10-21(6)16-26(24)36-31(34)28-29(23-12-8-20(5)9-13-23)33-38-30(28)32(35)37-27-17-22(7)11-15-25(27)19(3)4/h8-9,12-13,18-19,21-22,24-28,30H,10-11,14-17H2,1-7H3/t21-,22-,24+,25+,26-,27-,28-,30-/m1/s1. The minimum absolute atomic E-state index is 0.174. The Morgan fingerprint density at radius 2 is 1.32 bits per heavy atom. The third-order valence-electron chi connectivity index (χ3n) is 9.15. The number of hydrogen-bond donors (Lipinski definition) is 0. The molecule has 0 spiro atoms. The smallest absolute Gasteiger partial charge is 0.351 e. The predicted molar refractivity (Wildman–Crippen MR) is 149 cm³/mol. The Bertz CT molecular complexity index is 1000. The van der Waals surface area contributed by atoms with E-state index in [1.165, 1.54) is 0 Å². The number of nitrogens with zero attached hydrogens (tertiary/aromatic N) is 1. The first kappa shape index (κ1) is 28.6. The van der Waals surface area contributed by atoms with Crippen molar-refractivity contribution < 1.29 is 23.9 Å². The quantitative estimate of drug-likeness (QED) is 0.369. The molecule has 2 saturated carbocycles. The van der Waals surface area contributed by atoms with E-state index in [-0.39, 0.29) is 12.2 Å². The van der Waals surface area contributed by atoms with Crippen molar-refractivity contribution in [2.75, 3.05) is 0 Å². The van der Waals surface area contributed by atoms with E-state index in [9.17, 15) is 9.59 Å². The Hall–Kier alpha value is -2.37. The lowest BCUT2D eigenvalue weighted by atomic mass is 9.75. The van der Waals surface area contributed by atoms with Crippen molar-refractivity contribution in [2.24, 2.45) is 46.6 Å². The number of hydrogen-bond acceptors (Lipinski definition) is 6. The molecule has 2 aliphatic carbocycles. The topological polar surface area (TPSA) is 74.2 Å². The van der Waals surface area contributed by atoms with Crippen LogP contribution in [0.1, 0.15) is 91.2 Å². The molecule has 6 nitrogen and oxygen atoms in total. The summed E-state index contributed by atoms with van der Waals surface area (Å²) in [5.74, 6) is 0.509. The van der Waals surface area contributed by atoms with Crippen LogP contribution in [0.5, 0.6) is 0 Å². The number of ether oxygens (including phenoxy) is 2. The van der Waals surface area contributed by atoms with Crippen LogP contribution in [0.3, 0.4) is 0 Å². The van der Waals surface area contributed by atoms with Crippen LogP contribution in [-0.4, -0.2) is 36.0 Å². The van der Waals surface area contributed by atoms with Crippen LogP contribution in [0, 0.1) is 48.3 Å². The van der Waals surface area contributed by atoms with E-state index in [1.54, 1.807) is 0 Å². The Morgan fingerprint density at radius 1 is 0.816 bits per heavy atom. The van der Waals surface area contributed by atoms with Gasteiger partial charge in [0.05, 0.1) is 0 Å². The van der Waals surface area contributed by atoms with Gasteiger partial charge in [-0.05, 0) is 68.1 Å². The van der Waals surface area contributed by atoms with Crippen LogP contribution in [0.15, 0.2) is 29.4 Å². The average Bonchev–Trinajstić information content (AvgIpc) is 3.30.